The molecule has 0 bridgehead atoms. The molecule has 0 aliphatic rings. The monoisotopic (exact) mass is 478 g/mol. The van der Waals surface area contributed by atoms with Gasteiger partial charge in [0.05, 0.1) is 12.2 Å². The number of aromatic amines is 1. The predicted molar refractivity (Wildman–Crippen MR) is 140 cm³/mol. The fourth-order valence-corrected chi connectivity index (χ4v) is 4.37. The van der Waals surface area contributed by atoms with Crippen LogP contribution in [0.25, 0.3) is 34.0 Å². The molecule has 5 rings (SSSR count). The summed E-state index contributed by atoms with van der Waals surface area (Å²) in [5.41, 5.74) is 6.18. The molecule has 3 aromatic heterocycles. The quantitative estimate of drug-likeness (QED) is 0.292. The highest BCUT2D eigenvalue weighted by molar-refractivity contribution is 5.78. The van der Waals surface area contributed by atoms with E-state index in [0.29, 0.717) is 18.3 Å². The van der Waals surface area contributed by atoms with E-state index in [0.717, 1.165) is 58.9 Å². The summed E-state index contributed by atoms with van der Waals surface area (Å²) in [5.74, 6) is 2.75. The molecular formula is C28H30N8. The topological polar surface area (TPSA) is 98.1 Å². The predicted octanol–water partition coefficient (Wildman–Crippen LogP) is 5.70. The molecule has 182 valence electrons. The van der Waals surface area contributed by atoms with Crippen molar-refractivity contribution in [3.8, 4) is 34.0 Å². The van der Waals surface area contributed by atoms with Crippen LogP contribution >= 0.6 is 0 Å². The first-order valence-corrected chi connectivity index (χ1v) is 12.4. The number of H-pyrrole nitrogens is 1. The zero-order valence-electron chi connectivity index (χ0n) is 20.9. The van der Waals surface area contributed by atoms with Crippen LogP contribution in [-0.2, 0) is 13.0 Å². The molecule has 0 amide bonds. The Kier molecular flexibility index (Phi) is 6.93. The lowest BCUT2D eigenvalue weighted by Crippen LogP contribution is -2.06. The van der Waals surface area contributed by atoms with Gasteiger partial charge >= 0.3 is 0 Å². The highest BCUT2D eigenvalue weighted by atomic mass is 15.5. The average Bonchev–Trinajstić information content (AvgIpc) is 3.58. The van der Waals surface area contributed by atoms with Crippen molar-refractivity contribution in [2.24, 2.45) is 0 Å². The second-order valence-electron chi connectivity index (χ2n) is 9.19. The minimum absolute atomic E-state index is 0.394. The number of rotatable bonds is 9. The highest BCUT2D eigenvalue weighted by Gasteiger charge is 2.17. The summed E-state index contributed by atoms with van der Waals surface area (Å²) in [6, 6.07) is 20.6. The van der Waals surface area contributed by atoms with Gasteiger partial charge in [-0.2, -0.15) is 10.3 Å². The van der Waals surface area contributed by atoms with Gasteiger partial charge < -0.3 is 0 Å². The van der Waals surface area contributed by atoms with E-state index in [4.69, 9.17) is 15.1 Å². The second kappa shape index (κ2) is 10.6. The molecule has 0 fully saturated rings. The molecule has 0 saturated carbocycles. The number of benzene rings is 2. The molecule has 8 heteroatoms. The largest absolute Gasteiger partial charge is 0.256 e. The van der Waals surface area contributed by atoms with E-state index in [9.17, 15) is 0 Å². The van der Waals surface area contributed by atoms with Gasteiger partial charge in [0.25, 0.3) is 0 Å². The molecule has 0 unspecified atom stereocenters. The number of pyridine rings is 1. The van der Waals surface area contributed by atoms with Crippen LogP contribution in [0.4, 0.5) is 0 Å². The molecule has 2 aromatic carbocycles. The van der Waals surface area contributed by atoms with E-state index in [1.165, 1.54) is 5.56 Å². The Hall–Kier alpha value is -4.20. The van der Waals surface area contributed by atoms with Gasteiger partial charge in [-0.15, -0.1) is 10.2 Å². The number of unbranched alkanes of at least 4 members (excludes halogenated alkanes) is 1. The Morgan fingerprint density at radius 3 is 2.39 bits per heavy atom. The Morgan fingerprint density at radius 2 is 1.69 bits per heavy atom. The van der Waals surface area contributed by atoms with Gasteiger partial charge in [-0.05, 0) is 34.7 Å². The van der Waals surface area contributed by atoms with Crippen LogP contribution in [0.15, 0.2) is 66.9 Å². The number of hydrogen-bond acceptors (Lipinski definition) is 6. The first-order chi connectivity index (χ1) is 17.6. The van der Waals surface area contributed by atoms with Crippen LogP contribution in [-0.4, -0.2) is 40.4 Å². The Bertz CT molecular complexity index is 1420. The van der Waals surface area contributed by atoms with Crippen LogP contribution in [0.2, 0.25) is 0 Å². The van der Waals surface area contributed by atoms with E-state index in [-0.39, 0.29) is 0 Å². The number of aryl methyl sites for hydroxylation is 1. The fraction of sp³-hybridized carbons (Fsp3) is 0.286. The van der Waals surface area contributed by atoms with E-state index < -0.39 is 0 Å². The SMILES string of the molecule is CCCCc1nc(-c2ccccc2C(C)C)n(Cc2ccc(-c3ccccc3-c3nn[nH]n3)nc2)n1. The minimum Gasteiger partial charge on any atom is -0.256 e. The minimum atomic E-state index is 0.394. The fourth-order valence-electron chi connectivity index (χ4n) is 4.37. The summed E-state index contributed by atoms with van der Waals surface area (Å²) in [6.45, 7) is 7.22. The lowest BCUT2D eigenvalue weighted by Gasteiger charge is -2.13. The van der Waals surface area contributed by atoms with E-state index in [1.807, 2.05) is 41.2 Å². The summed E-state index contributed by atoms with van der Waals surface area (Å²) in [5, 5.41) is 19.4. The molecule has 0 saturated heterocycles. The van der Waals surface area contributed by atoms with Gasteiger partial charge in [-0.25, -0.2) is 9.67 Å². The van der Waals surface area contributed by atoms with Gasteiger partial charge in [-0.1, -0.05) is 81.8 Å². The number of nitrogens with one attached hydrogen (secondary N) is 1. The normalized spacial score (nSPS) is 11.3. The Labute approximate surface area is 210 Å². The maximum Gasteiger partial charge on any atom is 0.205 e. The van der Waals surface area contributed by atoms with Crippen molar-refractivity contribution in [1.82, 2.24) is 40.4 Å². The molecule has 3 heterocycles. The molecule has 0 radical (unpaired) electrons. The van der Waals surface area contributed by atoms with Gasteiger partial charge in [0.2, 0.25) is 5.82 Å². The Balaban J connectivity index is 1.47. The summed E-state index contributed by atoms with van der Waals surface area (Å²) in [4.78, 5) is 9.74. The molecule has 0 atom stereocenters. The van der Waals surface area contributed by atoms with E-state index in [1.54, 1.807) is 0 Å². The Morgan fingerprint density at radius 1 is 0.917 bits per heavy atom. The first-order valence-electron chi connectivity index (χ1n) is 12.4. The third-order valence-corrected chi connectivity index (χ3v) is 6.24. The second-order valence-corrected chi connectivity index (χ2v) is 9.19. The number of aromatic nitrogens is 8. The number of nitrogens with zero attached hydrogens (tertiary/aromatic N) is 7. The van der Waals surface area contributed by atoms with Crippen molar-refractivity contribution in [3.63, 3.8) is 0 Å². The van der Waals surface area contributed by atoms with Gasteiger partial charge in [0, 0.05) is 29.3 Å². The molecular weight excluding hydrogens is 448 g/mol. The van der Waals surface area contributed by atoms with Gasteiger partial charge in [0.1, 0.15) is 0 Å². The van der Waals surface area contributed by atoms with Crippen molar-refractivity contribution >= 4 is 0 Å². The van der Waals surface area contributed by atoms with E-state index in [2.05, 4.69) is 71.7 Å². The summed E-state index contributed by atoms with van der Waals surface area (Å²) in [7, 11) is 0. The number of tetrazole rings is 1. The maximum absolute atomic E-state index is 4.97. The molecule has 1 N–H and O–H groups in total. The third-order valence-electron chi connectivity index (χ3n) is 6.24. The van der Waals surface area contributed by atoms with Crippen LogP contribution in [0.5, 0.6) is 0 Å². The van der Waals surface area contributed by atoms with Crippen molar-refractivity contribution in [2.75, 3.05) is 0 Å². The maximum atomic E-state index is 4.97. The van der Waals surface area contributed by atoms with Crippen molar-refractivity contribution in [2.45, 2.75) is 52.5 Å². The molecule has 0 aliphatic heterocycles. The summed E-state index contributed by atoms with van der Waals surface area (Å²) < 4.78 is 2.02. The molecule has 5 aromatic rings. The summed E-state index contributed by atoms with van der Waals surface area (Å²) in [6.07, 6.45) is 4.98. The van der Waals surface area contributed by atoms with Crippen LogP contribution in [0.3, 0.4) is 0 Å². The smallest absolute Gasteiger partial charge is 0.205 e. The zero-order chi connectivity index (χ0) is 24.9. The van der Waals surface area contributed by atoms with Gasteiger partial charge in [0.15, 0.2) is 11.6 Å². The van der Waals surface area contributed by atoms with Crippen molar-refractivity contribution in [3.05, 3.63) is 83.8 Å². The van der Waals surface area contributed by atoms with Crippen LogP contribution in [0, 0.1) is 0 Å². The summed E-state index contributed by atoms with van der Waals surface area (Å²) >= 11 is 0. The van der Waals surface area contributed by atoms with Gasteiger partial charge in [-0.3, -0.25) is 4.98 Å². The lowest BCUT2D eigenvalue weighted by atomic mass is 9.97. The first kappa shape index (κ1) is 23.5. The van der Waals surface area contributed by atoms with E-state index >= 15 is 0 Å². The molecule has 8 nitrogen and oxygen atoms in total. The lowest BCUT2D eigenvalue weighted by molar-refractivity contribution is 0.664. The van der Waals surface area contributed by atoms with Crippen molar-refractivity contribution in [1.29, 1.82) is 0 Å². The van der Waals surface area contributed by atoms with Crippen LogP contribution < -0.4 is 0 Å². The third kappa shape index (κ3) is 4.93. The standard InChI is InChI=1S/C28H30N8/c1-4-5-14-26-30-28(24-13-9-6-10-21(24)19(2)3)36(33-26)18-20-15-16-25(29-17-20)22-11-7-8-12-23(22)27-31-34-35-32-27/h6-13,15-17,19H,4-5,14,18H2,1-3H3,(H,31,32,34,35). The number of hydrogen-bond donors (Lipinski definition) is 1. The highest BCUT2D eigenvalue weighted by Crippen LogP contribution is 2.30. The average molecular weight is 479 g/mol. The zero-order valence-corrected chi connectivity index (χ0v) is 20.9. The molecule has 0 spiro atoms. The van der Waals surface area contributed by atoms with Crippen LogP contribution in [0.1, 0.15) is 56.5 Å². The molecule has 0 aliphatic carbocycles. The molecule has 36 heavy (non-hydrogen) atoms. The van der Waals surface area contributed by atoms with Crippen molar-refractivity contribution < 1.29 is 0 Å².